The lowest BCUT2D eigenvalue weighted by Crippen LogP contribution is -2.57. The lowest BCUT2D eigenvalue weighted by atomic mass is 9.86. The largest absolute Gasteiger partial charge is 0.481 e. The van der Waals surface area contributed by atoms with Gasteiger partial charge in [-0.15, -0.1) is 0 Å². The predicted molar refractivity (Wildman–Crippen MR) is 113 cm³/mol. The Morgan fingerprint density at radius 2 is 1.42 bits per heavy atom. The zero-order valence-electron chi connectivity index (χ0n) is 17.6. The number of esters is 1. The number of carbonyl (C=O) groups is 4. The summed E-state index contributed by atoms with van der Waals surface area (Å²) in [5, 5.41) is 19.7. The van der Waals surface area contributed by atoms with Crippen molar-refractivity contribution in [2.24, 2.45) is 17.3 Å². The number of carboxylic acid groups (broad SMARTS) is 2. The van der Waals surface area contributed by atoms with Crippen molar-refractivity contribution in [3.05, 3.63) is 71.8 Å². The van der Waals surface area contributed by atoms with Gasteiger partial charge >= 0.3 is 24.0 Å². The van der Waals surface area contributed by atoms with Crippen molar-refractivity contribution in [1.82, 2.24) is 4.90 Å². The lowest BCUT2D eigenvalue weighted by molar-refractivity contribution is -0.165. The summed E-state index contributed by atoms with van der Waals surface area (Å²) >= 11 is 0. The Labute approximate surface area is 189 Å². The molecule has 4 atom stereocenters. The van der Waals surface area contributed by atoms with Crippen molar-refractivity contribution >= 4 is 24.0 Å². The Bertz CT molecular complexity index is 1060. The van der Waals surface area contributed by atoms with Crippen molar-refractivity contribution in [2.45, 2.75) is 25.7 Å². The standard InChI is InChI=1S/C24H23NO8/c26-20(27)18-17-11-12-25(23(31)33-14-16-9-5-2-6-10-16)19(24(17,18)22(29)30)21(28)32-13-15-7-3-1-4-8-15/h1-10,17-19H,11-14H2,(H,26,27)(H,29,30). The SMILES string of the molecule is O=C(O)C1C2CCN(C(=O)OCc3ccccc3)C(C(=O)OCc3ccccc3)C21C(=O)O. The van der Waals surface area contributed by atoms with E-state index in [2.05, 4.69) is 0 Å². The molecule has 172 valence electrons. The van der Waals surface area contributed by atoms with E-state index < -0.39 is 47.3 Å². The van der Waals surface area contributed by atoms with Gasteiger partial charge in [0, 0.05) is 6.54 Å². The molecular formula is C24H23NO8. The number of aliphatic carboxylic acids is 2. The first-order valence-corrected chi connectivity index (χ1v) is 10.5. The fourth-order valence-electron chi connectivity index (χ4n) is 4.84. The van der Waals surface area contributed by atoms with Crippen LogP contribution in [0.15, 0.2) is 60.7 Å². The first kappa shape index (κ1) is 22.3. The molecule has 1 saturated heterocycles. The van der Waals surface area contributed by atoms with Gasteiger partial charge in [-0.1, -0.05) is 60.7 Å². The minimum atomic E-state index is -1.95. The van der Waals surface area contributed by atoms with Gasteiger partial charge in [0.05, 0.1) is 5.92 Å². The normalized spacial score (nSPS) is 25.5. The first-order valence-electron chi connectivity index (χ1n) is 10.5. The van der Waals surface area contributed by atoms with Crippen LogP contribution < -0.4 is 0 Å². The topological polar surface area (TPSA) is 130 Å². The fraction of sp³-hybridized carbons (Fsp3) is 0.333. The molecule has 4 unspecified atom stereocenters. The number of amides is 1. The third-order valence-electron chi connectivity index (χ3n) is 6.39. The van der Waals surface area contributed by atoms with Gasteiger partial charge < -0.3 is 19.7 Å². The Kier molecular flexibility index (Phi) is 6.04. The van der Waals surface area contributed by atoms with Crippen LogP contribution in [-0.2, 0) is 37.1 Å². The van der Waals surface area contributed by atoms with E-state index in [1.54, 1.807) is 54.6 Å². The maximum absolute atomic E-state index is 13.1. The zero-order valence-corrected chi connectivity index (χ0v) is 17.6. The molecule has 2 aromatic carbocycles. The van der Waals surface area contributed by atoms with Crippen LogP contribution in [0.25, 0.3) is 0 Å². The summed E-state index contributed by atoms with van der Waals surface area (Å²) in [6.45, 7) is -0.225. The maximum Gasteiger partial charge on any atom is 0.410 e. The number of hydrogen-bond donors (Lipinski definition) is 2. The van der Waals surface area contributed by atoms with Gasteiger partial charge in [-0.25, -0.2) is 9.59 Å². The predicted octanol–water partition coefficient (Wildman–Crippen LogP) is 2.54. The van der Waals surface area contributed by atoms with Crippen molar-refractivity contribution in [3.8, 4) is 0 Å². The molecule has 1 saturated carbocycles. The van der Waals surface area contributed by atoms with Crippen molar-refractivity contribution in [3.63, 3.8) is 0 Å². The Morgan fingerprint density at radius 1 is 0.879 bits per heavy atom. The van der Waals surface area contributed by atoms with Crippen LogP contribution >= 0.6 is 0 Å². The van der Waals surface area contributed by atoms with E-state index in [1.165, 1.54) is 0 Å². The molecule has 9 nitrogen and oxygen atoms in total. The van der Waals surface area contributed by atoms with E-state index in [9.17, 15) is 29.4 Å². The zero-order chi connectivity index (χ0) is 23.6. The average molecular weight is 453 g/mol. The molecule has 1 amide bonds. The van der Waals surface area contributed by atoms with Crippen LogP contribution in [0.3, 0.4) is 0 Å². The molecule has 2 fully saturated rings. The van der Waals surface area contributed by atoms with E-state index in [4.69, 9.17) is 9.47 Å². The third-order valence-corrected chi connectivity index (χ3v) is 6.39. The molecule has 0 bridgehead atoms. The molecule has 1 aliphatic carbocycles. The number of likely N-dealkylation sites (tertiary alicyclic amines) is 1. The number of hydrogen-bond acceptors (Lipinski definition) is 6. The molecular weight excluding hydrogens is 430 g/mol. The number of rotatable bonds is 7. The van der Waals surface area contributed by atoms with Crippen LogP contribution in [0.4, 0.5) is 4.79 Å². The summed E-state index contributed by atoms with van der Waals surface area (Å²) in [6, 6.07) is 16.0. The highest BCUT2D eigenvalue weighted by Crippen LogP contribution is 2.66. The number of carbonyl (C=O) groups excluding carboxylic acids is 2. The Hall–Kier alpha value is -3.88. The van der Waals surface area contributed by atoms with Gasteiger partial charge in [0.1, 0.15) is 24.7 Å². The summed E-state index contributed by atoms with van der Waals surface area (Å²) in [6.07, 6.45) is -0.762. The van der Waals surface area contributed by atoms with Crippen molar-refractivity contribution in [2.75, 3.05) is 6.54 Å². The molecule has 1 aliphatic heterocycles. The minimum absolute atomic E-state index is 0.0117. The summed E-state index contributed by atoms with van der Waals surface area (Å²) in [5.74, 6) is -5.80. The third kappa shape index (κ3) is 4.02. The highest BCUT2D eigenvalue weighted by Gasteiger charge is 2.81. The summed E-state index contributed by atoms with van der Waals surface area (Å²) in [7, 11) is 0. The van der Waals surface area contributed by atoms with Gasteiger partial charge in [0.15, 0.2) is 0 Å². The molecule has 9 heteroatoms. The fourth-order valence-corrected chi connectivity index (χ4v) is 4.84. The smallest absolute Gasteiger partial charge is 0.410 e. The monoisotopic (exact) mass is 453 g/mol. The van der Waals surface area contributed by atoms with Crippen molar-refractivity contribution in [1.29, 1.82) is 0 Å². The number of carboxylic acids is 2. The first-order chi connectivity index (χ1) is 15.9. The average Bonchev–Trinajstić information content (AvgIpc) is 3.53. The van der Waals surface area contributed by atoms with Gasteiger partial charge in [-0.05, 0) is 23.5 Å². The van der Waals surface area contributed by atoms with E-state index in [0.29, 0.717) is 11.1 Å². The molecule has 0 aromatic heterocycles. The van der Waals surface area contributed by atoms with E-state index in [0.717, 1.165) is 4.90 Å². The van der Waals surface area contributed by atoms with Gasteiger partial charge in [0.25, 0.3) is 0 Å². The van der Waals surface area contributed by atoms with Gasteiger partial charge in [-0.2, -0.15) is 0 Å². The molecule has 33 heavy (non-hydrogen) atoms. The molecule has 2 aromatic rings. The molecule has 4 rings (SSSR count). The second kappa shape index (κ2) is 8.93. The Morgan fingerprint density at radius 3 is 1.94 bits per heavy atom. The summed E-state index contributed by atoms with van der Waals surface area (Å²) in [5.41, 5.74) is -0.568. The number of nitrogens with zero attached hydrogens (tertiary/aromatic N) is 1. The molecule has 2 aliphatic rings. The highest BCUT2D eigenvalue weighted by atomic mass is 16.6. The summed E-state index contributed by atoms with van der Waals surface area (Å²) < 4.78 is 10.7. The van der Waals surface area contributed by atoms with E-state index >= 15 is 0 Å². The van der Waals surface area contributed by atoms with Crippen LogP contribution in [0.2, 0.25) is 0 Å². The van der Waals surface area contributed by atoms with Gasteiger partial charge in [-0.3, -0.25) is 14.5 Å². The van der Waals surface area contributed by atoms with Crippen LogP contribution in [0.5, 0.6) is 0 Å². The summed E-state index contributed by atoms with van der Waals surface area (Å²) in [4.78, 5) is 51.2. The highest BCUT2D eigenvalue weighted by molar-refractivity contribution is 5.98. The van der Waals surface area contributed by atoms with E-state index in [1.807, 2.05) is 6.07 Å². The quantitative estimate of drug-likeness (QED) is 0.612. The minimum Gasteiger partial charge on any atom is -0.481 e. The maximum atomic E-state index is 13.1. The van der Waals surface area contributed by atoms with Gasteiger partial charge in [0.2, 0.25) is 0 Å². The van der Waals surface area contributed by atoms with E-state index in [-0.39, 0.29) is 26.2 Å². The van der Waals surface area contributed by atoms with Crippen molar-refractivity contribution < 1.29 is 38.9 Å². The Balaban J connectivity index is 1.59. The molecule has 1 heterocycles. The molecule has 0 radical (unpaired) electrons. The molecule has 0 spiro atoms. The number of piperidine rings is 1. The molecule has 2 N–H and O–H groups in total. The van der Waals surface area contributed by atoms with Crippen LogP contribution in [-0.4, -0.2) is 51.7 Å². The number of ether oxygens (including phenoxy) is 2. The number of fused-ring (bicyclic) bond motifs is 1. The second-order valence-corrected chi connectivity index (χ2v) is 8.18. The lowest BCUT2D eigenvalue weighted by Gasteiger charge is -2.37. The number of benzene rings is 2. The second-order valence-electron chi connectivity index (χ2n) is 8.18. The van der Waals surface area contributed by atoms with Crippen LogP contribution in [0, 0.1) is 17.3 Å². The van der Waals surface area contributed by atoms with Crippen LogP contribution in [0.1, 0.15) is 17.5 Å².